The zero-order chi connectivity index (χ0) is 33.4. The van der Waals surface area contributed by atoms with Crippen molar-refractivity contribution < 1.29 is 24.3 Å². The average molecular weight is 619 g/mol. The van der Waals surface area contributed by atoms with Gasteiger partial charge in [-0.15, -0.1) is 0 Å². The number of rotatable bonds is 12. The third kappa shape index (κ3) is 11.5. The summed E-state index contributed by atoms with van der Waals surface area (Å²) in [7, 11) is 0. The summed E-state index contributed by atoms with van der Waals surface area (Å²) in [6, 6.07) is 17.3. The zero-order valence-corrected chi connectivity index (χ0v) is 27.0. The molecule has 45 heavy (non-hydrogen) atoms. The van der Waals surface area contributed by atoms with Crippen molar-refractivity contribution in [1.29, 1.82) is 0 Å². The second-order valence-electron chi connectivity index (χ2n) is 13.6. The minimum Gasteiger partial charge on any atom is -0.389 e. The van der Waals surface area contributed by atoms with E-state index in [0.717, 1.165) is 10.9 Å². The summed E-state index contributed by atoms with van der Waals surface area (Å²) in [4.78, 5) is 57.9. The van der Waals surface area contributed by atoms with E-state index in [-0.39, 0.29) is 30.1 Å². The first-order chi connectivity index (χ1) is 21.0. The Morgan fingerprint density at radius 2 is 1.53 bits per heavy atom. The summed E-state index contributed by atoms with van der Waals surface area (Å²) >= 11 is 0. The highest BCUT2D eigenvalue weighted by molar-refractivity contribution is 5.99. The Morgan fingerprint density at radius 1 is 0.889 bits per heavy atom. The van der Waals surface area contributed by atoms with Crippen molar-refractivity contribution in [2.45, 2.75) is 78.1 Å². The number of primary amides is 1. The average Bonchev–Trinajstić information content (AvgIpc) is 2.94. The van der Waals surface area contributed by atoms with Crippen LogP contribution in [-0.2, 0) is 16.0 Å². The van der Waals surface area contributed by atoms with Gasteiger partial charge in [0.15, 0.2) is 0 Å². The van der Waals surface area contributed by atoms with Gasteiger partial charge in [0, 0.05) is 17.5 Å². The van der Waals surface area contributed by atoms with Gasteiger partial charge in [0.1, 0.15) is 11.7 Å². The number of pyridine rings is 1. The highest BCUT2D eigenvalue weighted by Gasteiger charge is 2.32. The molecule has 0 bridgehead atoms. The number of hydrogen-bond donors (Lipinski definition) is 5. The molecule has 0 saturated carbocycles. The molecule has 3 rings (SSSR count). The van der Waals surface area contributed by atoms with Crippen LogP contribution in [0.2, 0.25) is 0 Å². The molecule has 1 aromatic heterocycles. The standard InChI is InChI=1S/C34H46N6O5/c1-33(2,3)21-40(32(45)39-34(4,5)6)20-28(41)26(18-22-12-8-7-9-13-22)37-31(44)27(19-29(35)42)38-30(43)25-17-16-23-14-10-11-15-24(23)36-25/h7-17,26-28,41H,18-21H2,1-6H3,(H2,35,42)(H,37,44)(H,38,43)(H,39,45)/t26-,27-,28+/m0/s1. The van der Waals surface area contributed by atoms with Crippen LogP contribution < -0.4 is 21.7 Å². The number of amides is 5. The van der Waals surface area contributed by atoms with Crippen LogP contribution in [0.4, 0.5) is 4.79 Å². The number of para-hydroxylation sites is 1. The Morgan fingerprint density at radius 3 is 2.16 bits per heavy atom. The topological polar surface area (TPSA) is 167 Å². The van der Waals surface area contributed by atoms with Gasteiger partial charge in [0.25, 0.3) is 5.91 Å². The Bertz CT molecular complexity index is 1480. The lowest BCUT2D eigenvalue weighted by Gasteiger charge is -2.36. The van der Waals surface area contributed by atoms with E-state index in [2.05, 4.69) is 20.9 Å². The maximum atomic E-state index is 13.6. The van der Waals surface area contributed by atoms with Crippen LogP contribution in [0.15, 0.2) is 66.7 Å². The fraction of sp³-hybridized carbons (Fsp3) is 0.441. The highest BCUT2D eigenvalue weighted by Crippen LogP contribution is 2.18. The summed E-state index contributed by atoms with van der Waals surface area (Å²) in [5, 5.41) is 20.7. The quantitative estimate of drug-likeness (QED) is 0.209. The lowest BCUT2D eigenvalue weighted by molar-refractivity contribution is -0.128. The molecule has 1 heterocycles. The van der Waals surface area contributed by atoms with Gasteiger partial charge in [-0.05, 0) is 50.3 Å². The van der Waals surface area contributed by atoms with Gasteiger partial charge in [-0.3, -0.25) is 14.4 Å². The SMILES string of the molecule is CC(C)(C)CN(C[C@@H](O)[C@H](Cc1ccccc1)NC(=O)[C@H](CC(N)=O)NC(=O)c1ccc2ccccc2n1)C(=O)NC(C)(C)C. The van der Waals surface area contributed by atoms with E-state index in [0.29, 0.717) is 12.1 Å². The van der Waals surface area contributed by atoms with Crippen molar-refractivity contribution in [3.05, 3.63) is 78.0 Å². The van der Waals surface area contributed by atoms with Crippen molar-refractivity contribution in [2.75, 3.05) is 13.1 Å². The van der Waals surface area contributed by atoms with E-state index < -0.39 is 47.9 Å². The zero-order valence-electron chi connectivity index (χ0n) is 27.0. The van der Waals surface area contributed by atoms with E-state index in [1.807, 2.05) is 84.0 Å². The molecule has 0 aliphatic heterocycles. The van der Waals surface area contributed by atoms with Crippen LogP contribution in [0, 0.1) is 5.41 Å². The van der Waals surface area contributed by atoms with Gasteiger partial charge in [-0.2, -0.15) is 0 Å². The molecule has 0 aliphatic rings. The number of urea groups is 1. The molecule has 0 radical (unpaired) electrons. The lowest BCUT2D eigenvalue weighted by atomic mass is 9.95. The van der Waals surface area contributed by atoms with E-state index in [4.69, 9.17) is 5.73 Å². The van der Waals surface area contributed by atoms with Gasteiger partial charge < -0.3 is 31.7 Å². The van der Waals surface area contributed by atoms with Crippen molar-refractivity contribution in [2.24, 2.45) is 11.1 Å². The molecule has 0 spiro atoms. The number of fused-ring (bicyclic) bond motifs is 1. The van der Waals surface area contributed by atoms with Crippen molar-refractivity contribution >= 4 is 34.7 Å². The Hall–Kier alpha value is -4.51. The number of carbonyl (C=O) groups is 4. The summed E-state index contributed by atoms with van der Waals surface area (Å²) in [6.45, 7) is 11.8. The van der Waals surface area contributed by atoms with Crippen molar-refractivity contribution in [3.8, 4) is 0 Å². The third-order valence-corrected chi connectivity index (χ3v) is 6.79. The van der Waals surface area contributed by atoms with Gasteiger partial charge in [-0.1, -0.05) is 75.4 Å². The molecule has 0 unspecified atom stereocenters. The van der Waals surface area contributed by atoms with E-state index in [1.54, 1.807) is 18.2 Å². The second kappa shape index (κ2) is 15.0. The largest absolute Gasteiger partial charge is 0.389 e. The molecule has 0 saturated heterocycles. The molecule has 11 nitrogen and oxygen atoms in total. The van der Waals surface area contributed by atoms with Crippen LogP contribution >= 0.6 is 0 Å². The van der Waals surface area contributed by atoms with Gasteiger partial charge >= 0.3 is 6.03 Å². The lowest BCUT2D eigenvalue weighted by Crippen LogP contribution is -2.58. The van der Waals surface area contributed by atoms with Gasteiger partial charge in [0.2, 0.25) is 11.8 Å². The van der Waals surface area contributed by atoms with E-state index >= 15 is 0 Å². The molecule has 6 N–H and O–H groups in total. The number of carbonyl (C=O) groups excluding carboxylic acids is 4. The predicted octanol–water partition coefficient (Wildman–Crippen LogP) is 3.15. The van der Waals surface area contributed by atoms with Crippen molar-refractivity contribution in [3.63, 3.8) is 0 Å². The molecule has 0 fully saturated rings. The maximum Gasteiger partial charge on any atom is 0.317 e. The molecular formula is C34H46N6O5. The summed E-state index contributed by atoms with van der Waals surface area (Å²) < 4.78 is 0. The fourth-order valence-corrected chi connectivity index (χ4v) is 4.81. The summed E-state index contributed by atoms with van der Waals surface area (Å²) in [5.41, 5.74) is 6.18. The third-order valence-electron chi connectivity index (χ3n) is 6.79. The van der Waals surface area contributed by atoms with E-state index in [9.17, 15) is 24.3 Å². The van der Waals surface area contributed by atoms with Gasteiger partial charge in [0.05, 0.1) is 30.6 Å². The van der Waals surface area contributed by atoms with Crippen molar-refractivity contribution in [1.82, 2.24) is 25.8 Å². The number of nitrogens with one attached hydrogen (secondary N) is 3. The minimum atomic E-state index is -1.33. The van der Waals surface area contributed by atoms with Crippen LogP contribution in [0.1, 0.15) is 64.0 Å². The molecule has 242 valence electrons. The Kier molecular flexibility index (Phi) is 11.6. The van der Waals surface area contributed by atoms with E-state index in [1.165, 1.54) is 11.0 Å². The first kappa shape index (κ1) is 35.0. The minimum absolute atomic E-state index is 0.0690. The van der Waals surface area contributed by atoms with Crippen LogP contribution in [0.5, 0.6) is 0 Å². The number of aromatic nitrogens is 1. The number of nitrogens with two attached hydrogens (primary N) is 1. The fourth-order valence-electron chi connectivity index (χ4n) is 4.81. The van der Waals surface area contributed by atoms with Crippen LogP contribution in [-0.4, -0.2) is 75.6 Å². The normalized spacial score (nSPS) is 13.8. The number of nitrogens with zero attached hydrogens (tertiary/aromatic N) is 2. The molecule has 11 heteroatoms. The number of benzene rings is 2. The summed E-state index contributed by atoms with van der Waals surface area (Å²) in [6.07, 6.45) is -1.44. The second-order valence-corrected chi connectivity index (χ2v) is 13.6. The van der Waals surface area contributed by atoms with Crippen LogP contribution in [0.25, 0.3) is 10.9 Å². The van der Waals surface area contributed by atoms with Crippen LogP contribution in [0.3, 0.4) is 0 Å². The Balaban J connectivity index is 1.85. The number of hydrogen-bond acceptors (Lipinski definition) is 6. The maximum absolute atomic E-state index is 13.6. The first-order valence-electron chi connectivity index (χ1n) is 15.1. The molecule has 5 amide bonds. The highest BCUT2D eigenvalue weighted by atomic mass is 16.3. The monoisotopic (exact) mass is 618 g/mol. The Labute approximate surface area is 265 Å². The smallest absolute Gasteiger partial charge is 0.317 e. The molecule has 3 atom stereocenters. The number of aliphatic hydroxyl groups is 1. The molecule has 0 aliphatic carbocycles. The summed E-state index contributed by atoms with van der Waals surface area (Å²) in [5.74, 6) is -2.15. The van der Waals surface area contributed by atoms with Gasteiger partial charge in [-0.25, -0.2) is 9.78 Å². The molecule has 2 aromatic carbocycles. The number of aliphatic hydroxyl groups excluding tert-OH is 1. The predicted molar refractivity (Wildman–Crippen MR) is 174 cm³/mol. The molecule has 3 aromatic rings. The molecular weight excluding hydrogens is 572 g/mol. The first-order valence-corrected chi connectivity index (χ1v) is 15.1.